The van der Waals surface area contributed by atoms with Crippen LogP contribution in [0.3, 0.4) is 0 Å². The van der Waals surface area contributed by atoms with Gasteiger partial charge < -0.3 is 10.2 Å². The zero-order valence-corrected chi connectivity index (χ0v) is 10.2. The van der Waals surface area contributed by atoms with Crippen molar-refractivity contribution in [3.8, 4) is 6.07 Å². The monoisotopic (exact) mass is 268 g/mol. The molecule has 2 unspecified atom stereocenters. The number of hydrogen-bond donors (Lipinski definition) is 3. The molecule has 0 saturated carbocycles. The van der Waals surface area contributed by atoms with E-state index in [1.165, 1.54) is 6.07 Å². The molecule has 0 saturated heterocycles. The summed E-state index contributed by atoms with van der Waals surface area (Å²) in [6.45, 7) is 0. The minimum Gasteiger partial charge on any atom is -0.390 e. The van der Waals surface area contributed by atoms with E-state index >= 15 is 0 Å². The number of thiol groups is 1. The van der Waals surface area contributed by atoms with Crippen LogP contribution in [0.2, 0.25) is 0 Å². The third-order valence-electron chi connectivity index (χ3n) is 2.41. The van der Waals surface area contributed by atoms with E-state index in [2.05, 4.69) is 12.6 Å². The number of benzene rings is 1. The van der Waals surface area contributed by atoms with Crippen LogP contribution < -0.4 is 0 Å². The molecule has 18 heavy (non-hydrogen) atoms. The summed E-state index contributed by atoms with van der Waals surface area (Å²) in [5.41, 5.74) is -0.0764. The minimum absolute atomic E-state index is 0.0660. The molecular weight excluding hydrogens is 256 g/mol. The van der Waals surface area contributed by atoms with Crippen LogP contribution in [0.1, 0.15) is 23.7 Å². The molecule has 0 spiro atoms. The van der Waals surface area contributed by atoms with E-state index in [9.17, 15) is 20.3 Å². The van der Waals surface area contributed by atoms with Gasteiger partial charge in [-0.15, -0.1) is 0 Å². The number of nitriles is 1. The molecule has 0 heterocycles. The van der Waals surface area contributed by atoms with Gasteiger partial charge >= 0.3 is 0 Å². The Kier molecular flexibility index (Phi) is 5.09. The molecule has 0 aliphatic heterocycles. The molecule has 96 valence electrons. The Labute approximate surface area is 109 Å². The molecule has 1 aromatic carbocycles. The highest BCUT2D eigenvalue weighted by Crippen LogP contribution is 2.25. The second kappa shape index (κ2) is 6.35. The summed E-state index contributed by atoms with van der Waals surface area (Å²) in [6, 6.07) is 5.35. The van der Waals surface area contributed by atoms with E-state index in [1.807, 2.05) is 0 Å². The van der Waals surface area contributed by atoms with Crippen LogP contribution in [0, 0.1) is 21.4 Å². The Bertz CT molecular complexity index is 486. The summed E-state index contributed by atoms with van der Waals surface area (Å²) in [5, 5.41) is 38.9. The second-order valence-corrected chi connectivity index (χ2v) is 4.15. The number of aliphatic hydroxyl groups excluding tert-OH is 2. The number of nitro benzene ring substituents is 1. The standard InChI is InChI=1S/C11H12N2O4S/c12-6-7-3-8(5-9(4-7)13(16)17)11(15)10(14)1-2-18/h3-5,10-11,14-15,18H,1-2H2. The SMILES string of the molecule is N#Cc1cc(C(O)C(O)CCS)cc([N+](=O)[O-])c1. The fourth-order valence-corrected chi connectivity index (χ4v) is 1.75. The van der Waals surface area contributed by atoms with E-state index in [0.717, 1.165) is 12.1 Å². The van der Waals surface area contributed by atoms with Crippen LogP contribution in [-0.4, -0.2) is 27.0 Å². The van der Waals surface area contributed by atoms with E-state index < -0.39 is 17.1 Å². The van der Waals surface area contributed by atoms with Crippen LogP contribution in [0.5, 0.6) is 0 Å². The van der Waals surface area contributed by atoms with Crippen LogP contribution >= 0.6 is 12.6 Å². The van der Waals surface area contributed by atoms with Crippen molar-refractivity contribution in [2.45, 2.75) is 18.6 Å². The third-order valence-corrected chi connectivity index (χ3v) is 2.67. The minimum atomic E-state index is -1.27. The molecule has 6 nitrogen and oxygen atoms in total. The first-order valence-electron chi connectivity index (χ1n) is 5.16. The summed E-state index contributed by atoms with van der Waals surface area (Å²) in [5.74, 6) is 0.373. The maximum atomic E-state index is 10.7. The Morgan fingerprint density at radius 3 is 2.61 bits per heavy atom. The maximum Gasteiger partial charge on any atom is 0.271 e. The quantitative estimate of drug-likeness (QED) is 0.422. The predicted octanol–water partition coefficient (Wildman–Crippen LogP) is 1.18. The highest BCUT2D eigenvalue weighted by molar-refractivity contribution is 7.80. The average molecular weight is 268 g/mol. The largest absolute Gasteiger partial charge is 0.390 e. The van der Waals surface area contributed by atoms with Crippen LogP contribution in [0.4, 0.5) is 5.69 Å². The Balaban J connectivity index is 3.12. The van der Waals surface area contributed by atoms with Crippen molar-refractivity contribution in [1.29, 1.82) is 5.26 Å². The van der Waals surface area contributed by atoms with Crippen molar-refractivity contribution in [3.63, 3.8) is 0 Å². The number of rotatable bonds is 5. The summed E-state index contributed by atoms with van der Waals surface area (Å²) in [4.78, 5) is 10.0. The highest BCUT2D eigenvalue weighted by atomic mass is 32.1. The molecular formula is C11H12N2O4S. The normalized spacial score (nSPS) is 13.7. The fraction of sp³-hybridized carbons (Fsp3) is 0.364. The van der Waals surface area contributed by atoms with Gasteiger partial charge in [0.25, 0.3) is 5.69 Å². The average Bonchev–Trinajstić information content (AvgIpc) is 2.37. The predicted molar refractivity (Wildman–Crippen MR) is 67.2 cm³/mol. The van der Waals surface area contributed by atoms with Gasteiger partial charge in [-0.3, -0.25) is 10.1 Å². The van der Waals surface area contributed by atoms with Crippen LogP contribution in [0.25, 0.3) is 0 Å². The molecule has 0 bridgehead atoms. The lowest BCUT2D eigenvalue weighted by molar-refractivity contribution is -0.385. The maximum absolute atomic E-state index is 10.7. The van der Waals surface area contributed by atoms with Gasteiger partial charge in [-0.25, -0.2) is 0 Å². The van der Waals surface area contributed by atoms with Gasteiger partial charge in [0.1, 0.15) is 6.10 Å². The first-order valence-corrected chi connectivity index (χ1v) is 5.79. The van der Waals surface area contributed by atoms with Crippen molar-refractivity contribution >= 4 is 18.3 Å². The number of nitrogens with zero attached hydrogens (tertiary/aromatic N) is 2. The molecule has 0 aliphatic rings. The first kappa shape index (κ1) is 14.4. The van der Waals surface area contributed by atoms with Gasteiger partial charge in [0.05, 0.1) is 22.7 Å². The van der Waals surface area contributed by atoms with E-state index in [0.29, 0.717) is 5.75 Å². The Morgan fingerprint density at radius 2 is 2.11 bits per heavy atom. The molecule has 0 amide bonds. The van der Waals surface area contributed by atoms with Gasteiger partial charge in [-0.1, -0.05) is 0 Å². The summed E-state index contributed by atoms with van der Waals surface area (Å²) in [7, 11) is 0. The van der Waals surface area contributed by atoms with Crippen LogP contribution in [-0.2, 0) is 0 Å². The molecule has 2 N–H and O–H groups in total. The third kappa shape index (κ3) is 3.43. The number of aliphatic hydroxyl groups is 2. The lowest BCUT2D eigenvalue weighted by Crippen LogP contribution is -2.19. The van der Waals surface area contributed by atoms with Gasteiger partial charge in [0.15, 0.2) is 0 Å². The van der Waals surface area contributed by atoms with Crippen molar-refractivity contribution < 1.29 is 15.1 Å². The molecule has 0 radical (unpaired) electrons. The lowest BCUT2D eigenvalue weighted by atomic mass is 10.00. The zero-order chi connectivity index (χ0) is 13.7. The number of hydrogen-bond acceptors (Lipinski definition) is 6. The van der Waals surface area contributed by atoms with Gasteiger partial charge in [0.2, 0.25) is 0 Å². The smallest absolute Gasteiger partial charge is 0.271 e. The summed E-state index contributed by atoms with van der Waals surface area (Å²) in [6.07, 6.45) is -2.10. The topological polar surface area (TPSA) is 107 Å². The van der Waals surface area contributed by atoms with E-state index in [1.54, 1.807) is 6.07 Å². The molecule has 0 fully saturated rings. The van der Waals surface area contributed by atoms with Crippen LogP contribution in [0.15, 0.2) is 18.2 Å². The zero-order valence-electron chi connectivity index (χ0n) is 9.35. The van der Waals surface area contributed by atoms with Crippen molar-refractivity contribution in [2.24, 2.45) is 0 Å². The number of nitro groups is 1. The summed E-state index contributed by atoms with van der Waals surface area (Å²) >= 11 is 3.93. The second-order valence-electron chi connectivity index (χ2n) is 3.71. The van der Waals surface area contributed by atoms with Crippen molar-refractivity contribution in [3.05, 3.63) is 39.4 Å². The van der Waals surface area contributed by atoms with Gasteiger partial charge in [-0.05, 0) is 23.8 Å². The van der Waals surface area contributed by atoms with Gasteiger partial charge in [-0.2, -0.15) is 17.9 Å². The Morgan fingerprint density at radius 1 is 1.44 bits per heavy atom. The molecule has 0 aromatic heterocycles. The molecule has 1 aromatic rings. The molecule has 0 aliphatic carbocycles. The summed E-state index contributed by atoms with van der Waals surface area (Å²) < 4.78 is 0. The van der Waals surface area contributed by atoms with Crippen molar-refractivity contribution in [2.75, 3.05) is 5.75 Å². The fourth-order valence-electron chi connectivity index (χ4n) is 1.49. The van der Waals surface area contributed by atoms with Gasteiger partial charge in [0, 0.05) is 12.1 Å². The van der Waals surface area contributed by atoms with Crippen molar-refractivity contribution in [1.82, 2.24) is 0 Å². The Hall–Kier alpha value is -1.62. The highest BCUT2D eigenvalue weighted by Gasteiger charge is 2.21. The molecule has 2 atom stereocenters. The molecule has 7 heteroatoms. The first-order chi connectivity index (χ1) is 8.49. The molecule has 1 rings (SSSR count). The lowest BCUT2D eigenvalue weighted by Gasteiger charge is -2.17. The number of non-ortho nitro benzene ring substituents is 1. The van der Waals surface area contributed by atoms with E-state index in [-0.39, 0.29) is 23.2 Å². The van der Waals surface area contributed by atoms with E-state index in [4.69, 9.17) is 5.26 Å².